The van der Waals surface area contributed by atoms with Crippen LogP contribution in [0.1, 0.15) is 18.4 Å². The van der Waals surface area contributed by atoms with Gasteiger partial charge in [0.2, 0.25) is 0 Å². The molecule has 1 fully saturated rings. The lowest BCUT2D eigenvalue weighted by molar-refractivity contribution is 0.263. The monoisotopic (exact) mass is 235 g/mol. The molecule has 0 aliphatic carbocycles. The van der Waals surface area contributed by atoms with Crippen molar-refractivity contribution in [1.82, 2.24) is 10.3 Å². The third kappa shape index (κ3) is 2.96. The molecule has 1 atom stereocenters. The SMILES string of the molecule is CNCc1cccnc1N1CCC(CCO)C1. The first-order chi connectivity index (χ1) is 8.35. The number of hydrogen-bond donors (Lipinski definition) is 2. The number of anilines is 1. The Hall–Kier alpha value is -1.13. The van der Waals surface area contributed by atoms with Crippen molar-refractivity contribution in [3.05, 3.63) is 23.9 Å². The Balaban J connectivity index is 2.07. The second-order valence-corrected chi connectivity index (χ2v) is 4.63. The zero-order chi connectivity index (χ0) is 12.1. The molecular weight excluding hydrogens is 214 g/mol. The van der Waals surface area contributed by atoms with E-state index in [9.17, 15) is 0 Å². The van der Waals surface area contributed by atoms with Crippen LogP contribution in [-0.4, -0.2) is 36.8 Å². The molecule has 1 aliphatic heterocycles. The van der Waals surface area contributed by atoms with Crippen molar-refractivity contribution in [3.63, 3.8) is 0 Å². The van der Waals surface area contributed by atoms with Gasteiger partial charge >= 0.3 is 0 Å². The van der Waals surface area contributed by atoms with Crippen molar-refractivity contribution in [1.29, 1.82) is 0 Å². The van der Waals surface area contributed by atoms with Crippen LogP contribution in [0, 0.1) is 5.92 Å². The smallest absolute Gasteiger partial charge is 0.133 e. The Labute approximate surface area is 103 Å². The molecule has 2 heterocycles. The van der Waals surface area contributed by atoms with Gasteiger partial charge in [-0.05, 0) is 31.9 Å². The van der Waals surface area contributed by atoms with Crippen LogP contribution in [0.4, 0.5) is 5.82 Å². The van der Waals surface area contributed by atoms with E-state index in [1.165, 1.54) is 5.56 Å². The van der Waals surface area contributed by atoms with E-state index in [4.69, 9.17) is 5.11 Å². The van der Waals surface area contributed by atoms with Gasteiger partial charge < -0.3 is 15.3 Å². The van der Waals surface area contributed by atoms with Gasteiger partial charge in [-0.3, -0.25) is 0 Å². The number of aliphatic hydroxyl groups excluding tert-OH is 1. The molecule has 0 aromatic carbocycles. The van der Waals surface area contributed by atoms with Crippen LogP contribution in [-0.2, 0) is 6.54 Å². The van der Waals surface area contributed by atoms with Crippen molar-refractivity contribution >= 4 is 5.82 Å². The molecule has 1 unspecified atom stereocenters. The van der Waals surface area contributed by atoms with Crippen molar-refractivity contribution in [2.24, 2.45) is 5.92 Å². The fourth-order valence-electron chi connectivity index (χ4n) is 2.49. The highest BCUT2D eigenvalue weighted by Gasteiger charge is 2.24. The molecule has 94 valence electrons. The molecule has 2 N–H and O–H groups in total. The van der Waals surface area contributed by atoms with Gasteiger partial charge in [-0.1, -0.05) is 6.07 Å². The van der Waals surface area contributed by atoms with Crippen molar-refractivity contribution < 1.29 is 5.11 Å². The number of pyridine rings is 1. The Kier molecular flexibility index (Phi) is 4.34. The van der Waals surface area contributed by atoms with Crippen LogP contribution in [0.3, 0.4) is 0 Å². The van der Waals surface area contributed by atoms with Crippen LogP contribution in [0.2, 0.25) is 0 Å². The third-order valence-electron chi connectivity index (χ3n) is 3.36. The molecule has 1 aliphatic rings. The lowest BCUT2D eigenvalue weighted by atomic mass is 10.1. The number of aliphatic hydroxyl groups is 1. The lowest BCUT2D eigenvalue weighted by Gasteiger charge is -2.20. The topological polar surface area (TPSA) is 48.4 Å². The quantitative estimate of drug-likeness (QED) is 0.799. The van der Waals surface area contributed by atoms with E-state index < -0.39 is 0 Å². The van der Waals surface area contributed by atoms with Gasteiger partial charge in [0.15, 0.2) is 0 Å². The van der Waals surface area contributed by atoms with Crippen molar-refractivity contribution in [3.8, 4) is 0 Å². The van der Waals surface area contributed by atoms with Gasteiger partial charge in [0.1, 0.15) is 5.82 Å². The molecule has 0 spiro atoms. The summed E-state index contributed by atoms with van der Waals surface area (Å²) in [6.07, 6.45) is 3.93. The van der Waals surface area contributed by atoms with Crippen LogP contribution in [0.15, 0.2) is 18.3 Å². The van der Waals surface area contributed by atoms with E-state index >= 15 is 0 Å². The van der Waals surface area contributed by atoms with E-state index in [2.05, 4.69) is 21.3 Å². The van der Waals surface area contributed by atoms with Crippen molar-refractivity contribution in [2.75, 3.05) is 31.6 Å². The fraction of sp³-hybridized carbons (Fsp3) is 0.615. The highest BCUT2D eigenvalue weighted by molar-refractivity contribution is 5.47. The molecule has 4 nitrogen and oxygen atoms in total. The Bertz CT molecular complexity index is 356. The minimum absolute atomic E-state index is 0.296. The van der Waals surface area contributed by atoms with Gasteiger partial charge in [-0.2, -0.15) is 0 Å². The van der Waals surface area contributed by atoms with Gasteiger partial charge in [0, 0.05) is 38.0 Å². The maximum absolute atomic E-state index is 8.98. The predicted molar refractivity (Wildman–Crippen MR) is 69.0 cm³/mol. The van der Waals surface area contributed by atoms with E-state index in [0.717, 1.165) is 38.3 Å². The molecule has 0 radical (unpaired) electrons. The number of nitrogens with zero attached hydrogens (tertiary/aromatic N) is 2. The van der Waals surface area contributed by atoms with Gasteiger partial charge in [0.25, 0.3) is 0 Å². The molecular formula is C13H21N3O. The maximum atomic E-state index is 8.98. The first kappa shape index (κ1) is 12.3. The number of nitrogens with one attached hydrogen (secondary N) is 1. The molecule has 17 heavy (non-hydrogen) atoms. The number of aromatic nitrogens is 1. The number of hydrogen-bond acceptors (Lipinski definition) is 4. The van der Waals surface area contributed by atoms with E-state index in [1.54, 1.807) is 0 Å². The summed E-state index contributed by atoms with van der Waals surface area (Å²) < 4.78 is 0. The molecule has 2 rings (SSSR count). The summed E-state index contributed by atoms with van der Waals surface area (Å²) in [7, 11) is 1.95. The average molecular weight is 235 g/mol. The zero-order valence-corrected chi connectivity index (χ0v) is 10.4. The summed E-state index contributed by atoms with van der Waals surface area (Å²) in [5, 5.41) is 12.2. The lowest BCUT2D eigenvalue weighted by Crippen LogP contribution is -2.23. The average Bonchev–Trinajstić information content (AvgIpc) is 2.79. The molecule has 1 aromatic heterocycles. The predicted octanol–water partition coefficient (Wildman–Crippen LogP) is 1.01. The first-order valence-corrected chi connectivity index (χ1v) is 6.29. The Morgan fingerprint density at radius 3 is 3.24 bits per heavy atom. The van der Waals surface area contributed by atoms with Crippen LogP contribution in [0.5, 0.6) is 0 Å². The molecule has 1 aromatic rings. The molecule has 0 saturated carbocycles. The summed E-state index contributed by atoms with van der Waals surface area (Å²) in [4.78, 5) is 6.84. The van der Waals surface area contributed by atoms with Crippen molar-refractivity contribution in [2.45, 2.75) is 19.4 Å². The number of rotatable bonds is 5. The Morgan fingerprint density at radius 1 is 1.59 bits per heavy atom. The highest BCUT2D eigenvalue weighted by Crippen LogP contribution is 2.26. The molecule has 0 bridgehead atoms. The normalized spacial score (nSPS) is 19.9. The summed E-state index contributed by atoms with van der Waals surface area (Å²) in [6, 6.07) is 4.11. The summed E-state index contributed by atoms with van der Waals surface area (Å²) in [6.45, 7) is 3.22. The highest BCUT2D eigenvalue weighted by atomic mass is 16.3. The van der Waals surface area contributed by atoms with Crippen LogP contribution < -0.4 is 10.2 Å². The minimum atomic E-state index is 0.296. The summed E-state index contributed by atoms with van der Waals surface area (Å²) >= 11 is 0. The van der Waals surface area contributed by atoms with Gasteiger partial charge in [-0.15, -0.1) is 0 Å². The largest absolute Gasteiger partial charge is 0.396 e. The first-order valence-electron chi connectivity index (χ1n) is 6.29. The van der Waals surface area contributed by atoms with Gasteiger partial charge in [-0.25, -0.2) is 4.98 Å². The fourth-order valence-corrected chi connectivity index (χ4v) is 2.49. The summed E-state index contributed by atoms with van der Waals surface area (Å²) in [5.74, 6) is 1.71. The molecule has 0 amide bonds. The molecule has 4 heteroatoms. The standard InChI is InChI=1S/C13H21N3O/c1-14-9-12-3-2-6-15-13(12)16-7-4-11(10-16)5-8-17/h2-3,6,11,14,17H,4-5,7-10H2,1H3. The zero-order valence-electron chi connectivity index (χ0n) is 10.4. The Morgan fingerprint density at radius 2 is 2.47 bits per heavy atom. The van der Waals surface area contributed by atoms with E-state index in [1.807, 2.05) is 19.3 Å². The molecule has 1 saturated heterocycles. The second kappa shape index (κ2) is 5.98. The maximum Gasteiger partial charge on any atom is 0.133 e. The third-order valence-corrected chi connectivity index (χ3v) is 3.36. The van der Waals surface area contributed by atoms with Crippen LogP contribution >= 0.6 is 0 Å². The minimum Gasteiger partial charge on any atom is -0.396 e. The van der Waals surface area contributed by atoms with E-state index in [0.29, 0.717) is 12.5 Å². The summed E-state index contributed by atoms with van der Waals surface area (Å²) in [5.41, 5.74) is 1.25. The van der Waals surface area contributed by atoms with Crippen LogP contribution in [0.25, 0.3) is 0 Å². The second-order valence-electron chi connectivity index (χ2n) is 4.63. The van der Waals surface area contributed by atoms with Gasteiger partial charge in [0.05, 0.1) is 0 Å². The van der Waals surface area contributed by atoms with E-state index in [-0.39, 0.29) is 0 Å².